The molecule has 0 fully saturated rings. The molecule has 0 saturated carbocycles. The van der Waals surface area contributed by atoms with E-state index in [1.165, 1.54) is 0 Å². The van der Waals surface area contributed by atoms with Crippen LogP contribution in [0.3, 0.4) is 0 Å². The van der Waals surface area contributed by atoms with E-state index >= 15 is 0 Å². The number of aromatic nitrogens is 2. The summed E-state index contributed by atoms with van der Waals surface area (Å²) in [6, 6.07) is 37.2. The predicted octanol–water partition coefficient (Wildman–Crippen LogP) is 6.34. The Kier molecular flexibility index (Phi) is 7.01. The van der Waals surface area contributed by atoms with Crippen molar-refractivity contribution in [2.45, 2.75) is 12.2 Å². The minimum atomic E-state index is -1.32. The van der Waals surface area contributed by atoms with E-state index in [1.807, 2.05) is 91.0 Å². The number of hydrogen-bond acceptors (Lipinski definition) is 7. The van der Waals surface area contributed by atoms with Gasteiger partial charge in [0.1, 0.15) is 22.9 Å². The summed E-state index contributed by atoms with van der Waals surface area (Å²) < 4.78 is 0. The van der Waals surface area contributed by atoms with Gasteiger partial charge in [0.25, 0.3) is 0 Å². The van der Waals surface area contributed by atoms with Crippen molar-refractivity contribution in [3.05, 3.63) is 131 Å². The van der Waals surface area contributed by atoms with Crippen molar-refractivity contribution in [3.8, 4) is 11.3 Å². The first-order valence-electron chi connectivity index (χ1n) is 12.8. The van der Waals surface area contributed by atoms with Gasteiger partial charge in [0.15, 0.2) is 11.5 Å². The molecule has 40 heavy (non-hydrogen) atoms. The zero-order valence-electron chi connectivity index (χ0n) is 21.5. The van der Waals surface area contributed by atoms with Crippen LogP contribution in [0, 0.1) is 0 Å². The monoisotopic (exact) mass is 546 g/mol. The molecule has 0 saturated heterocycles. The van der Waals surface area contributed by atoms with Crippen molar-refractivity contribution in [2.24, 2.45) is 15.9 Å². The number of H-pyrrole nitrogens is 1. The van der Waals surface area contributed by atoms with Gasteiger partial charge < -0.3 is 16.0 Å². The Morgan fingerprint density at radius 1 is 0.750 bits per heavy atom. The van der Waals surface area contributed by atoms with Crippen LogP contribution >= 0.6 is 11.6 Å². The van der Waals surface area contributed by atoms with Crippen molar-refractivity contribution >= 4 is 40.3 Å². The Balaban J connectivity index is 1.40. The van der Waals surface area contributed by atoms with E-state index in [1.54, 1.807) is 12.1 Å². The Labute approximate surface area is 237 Å². The zero-order chi connectivity index (χ0) is 27.4. The summed E-state index contributed by atoms with van der Waals surface area (Å²) in [4.78, 5) is 0. The van der Waals surface area contributed by atoms with E-state index in [0.717, 1.165) is 22.4 Å². The number of benzene rings is 4. The predicted molar refractivity (Wildman–Crippen MR) is 164 cm³/mol. The fourth-order valence-electron chi connectivity index (χ4n) is 4.54. The second-order valence-electron chi connectivity index (χ2n) is 9.36. The van der Waals surface area contributed by atoms with Crippen LogP contribution in [0.4, 0.5) is 17.2 Å². The summed E-state index contributed by atoms with van der Waals surface area (Å²) in [5, 5.41) is 27.9. The zero-order valence-corrected chi connectivity index (χ0v) is 22.2. The van der Waals surface area contributed by atoms with E-state index in [9.17, 15) is 0 Å². The van der Waals surface area contributed by atoms with Crippen molar-refractivity contribution in [3.63, 3.8) is 0 Å². The molecule has 0 spiro atoms. The van der Waals surface area contributed by atoms with E-state index in [2.05, 4.69) is 48.5 Å². The van der Waals surface area contributed by atoms with Crippen LogP contribution in [-0.2, 0) is 6.54 Å². The lowest BCUT2D eigenvalue weighted by Gasteiger charge is -2.31. The molecule has 0 aliphatic carbocycles. The topological polar surface area (TPSA) is 116 Å². The Bertz CT molecular complexity index is 1650. The van der Waals surface area contributed by atoms with Crippen molar-refractivity contribution in [1.29, 1.82) is 0 Å². The van der Waals surface area contributed by atoms with Gasteiger partial charge >= 0.3 is 0 Å². The molecule has 198 valence electrons. The van der Waals surface area contributed by atoms with Crippen molar-refractivity contribution in [1.82, 2.24) is 10.2 Å². The molecule has 2 heterocycles. The molecule has 8 nitrogen and oxygen atoms in total. The molecular formula is C31H27ClN8. The number of anilines is 3. The highest BCUT2D eigenvalue weighted by atomic mass is 35.5. The van der Waals surface area contributed by atoms with Crippen LogP contribution in [-0.4, -0.2) is 27.4 Å². The summed E-state index contributed by atoms with van der Waals surface area (Å²) in [6.07, 6.45) is 0. The summed E-state index contributed by atoms with van der Waals surface area (Å²) >= 11 is 6.11. The molecule has 1 atom stereocenters. The molecule has 1 aliphatic heterocycles. The Morgan fingerprint density at radius 3 is 2.05 bits per heavy atom. The van der Waals surface area contributed by atoms with Gasteiger partial charge in [-0.15, -0.1) is 10.2 Å². The number of nitrogens with one attached hydrogen (secondary N) is 4. The van der Waals surface area contributed by atoms with Crippen molar-refractivity contribution < 1.29 is 0 Å². The average molecular weight is 547 g/mol. The fraction of sp³-hybridized carbons (Fsp3) is 0.0645. The van der Waals surface area contributed by atoms with Crippen LogP contribution in [0.1, 0.15) is 11.1 Å². The highest BCUT2D eigenvalue weighted by Crippen LogP contribution is 2.36. The van der Waals surface area contributed by atoms with Gasteiger partial charge in [-0.25, -0.2) is 0 Å². The minimum Gasteiger partial charge on any atom is -0.365 e. The standard InChI is InChI=1S/C31H27ClN8/c32-24-16-18-25(19-17-24)35-30-31(33,28(38-40-30)23-14-8-3-9-15-23)36-27-26(22-12-6-2-7-13-22)37-39-29(27)34-20-21-10-4-1-5-11-21/h1-19,36H,20,33H2,(H,35,40)(H2,34,37,39). The highest BCUT2D eigenvalue weighted by Gasteiger charge is 2.44. The van der Waals surface area contributed by atoms with E-state index in [0.29, 0.717) is 40.3 Å². The summed E-state index contributed by atoms with van der Waals surface area (Å²) in [6.45, 7) is 0.590. The molecule has 0 radical (unpaired) electrons. The first kappa shape index (κ1) is 25.4. The molecule has 0 amide bonds. The number of nitrogens with zero attached hydrogens (tertiary/aromatic N) is 3. The van der Waals surface area contributed by atoms with Gasteiger partial charge in [-0.2, -0.15) is 5.10 Å². The number of hydrogen-bond donors (Lipinski definition) is 5. The fourth-order valence-corrected chi connectivity index (χ4v) is 4.67. The van der Waals surface area contributed by atoms with Gasteiger partial charge in [0.2, 0.25) is 0 Å². The molecule has 6 N–H and O–H groups in total. The molecule has 1 unspecified atom stereocenters. The number of aromatic amines is 1. The quantitative estimate of drug-likeness (QED) is 0.146. The van der Waals surface area contributed by atoms with Gasteiger partial charge in [-0.3, -0.25) is 10.8 Å². The maximum absolute atomic E-state index is 7.24. The molecule has 6 rings (SSSR count). The molecule has 1 aromatic heterocycles. The van der Waals surface area contributed by atoms with E-state index in [4.69, 9.17) is 17.3 Å². The average Bonchev–Trinajstić information content (AvgIpc) is 3.54. The first-order valence-corrected chi connectivity index (χ1v) is 13.2. The van der Waals surface area contributed by atoms with E-state index in [-0.39, 0.29) is 0 Å². The number of halogens is 1. The normalized spacial score (nSPS) is 16.2. The van der Waals surface area contributed by atoms with Crippen LogP contribution < -0.4 is 21.7 Å². The number of amidine groups is 1. The van der Waals surface area contributed by atoms with Crippen molar-refractivity contribution in [2.75, 3.05) is 16.0 Å². The second kappa shape index (κ2) is 11.1. The molecule has 4 aromatic carbocycles. The first-order chi connectivity index (χ1) is 19.6. The summed E-state index contributed by atoms with van der Waals surface area (Å²) in [5.74, 6) is 1.13. The molecular weight excluding hydrogens is 520 g/mol. The third-order valence-corrected chi connectivity index (χ3v) is 6.85. The molecule has 1 aliphatic rings. The van der Waals surface area contributed by atoms with Crippen LogP contribution in [0.15, 0.2) is 125 Å². The lowest BCUT2D eigenvalue weighted by atomic mass is 9.95. The lowest BCUT2D eigenvalue weighted by Crippen LogP contribution is -2.61. The minimum absolute atomic E-state index is 0.433. The summed E-state index contributed by atoms with van der Waals surface area (Å²) in [7, 11) is 0. The van der Waals surface area contributed by atoms with Crippen LogP contribution in [0.25, 0.3) is 11.3 Å². The highest BCUT2D eigenvalue weighted by molar-refractivity contribution is 6.31. The third kappa shape index (κ3) is 5.18. The van der Waals surface area contributed by atoms with Gasteiger partial charge in [-0.05, 0) is 29.8 Å². The maximum Gasteiger partial charge on any atom is 0.194 e. The van der Waals surface area contributed by atoms with Crippen LogP contribution in [0.2, 0.25) is 5.02 Å². The second-order valence-corrected chi connectivity index (χ2v) is 9.79. The lowest BCUT2D eigenvalue weighted by molar-refractivity contribution is 0.863. The SMILES string of the molecule is NC1(Nc2c(-c3ccccc3)n[nH]c2NCc2ccccc2)C(Nc2ccc(Cl)cc2)=NN=C1c1ccccc1. The number of rotatable bonds is 8. The summed E-state index contributed by atoms with van der Waals surface area (Å²) in [5.41, 5.74) is 11.6. The smallest absolute Gasteiger partial charge is 0.194 e. The Morgan fingerprint density at radius 2 is 1.38 bits per heavy atom. The molecule has 9 heteroatoms. The van der Waals surface area contributed by atoms with Gasteiger partial charge in [0, 0.05) is 28.4 Å². The molecule has 5 aromatic rings. The number of nitrogens with two attached hydrogens (primary N) is 1. The van der Waals surface area contributed by atoms with Crippen LogP contribution in [0.5, 0.6) is 0 Å². The van der Waals surface area contributed by atoms with E-state index < -0.39 is 5.66 Å². The third-order valence-electron chi connectivity index (χ3n) is 6.60. The largest absolute Gasteiger partial charge is 0.365 e. The molecule has 0 bridgehead atoms. The Hall–Kier alpha value is -4.92. The maximum atomic E-state index is 7.24. The van der Waals surface area contributed by atoms with Gasteiger partial charge in [-0.1, -0.05) is 103 Å². The van der Waals surface area contributed by atoms with Gasteiger partial charge in [0.05, 0.1) is 0 Å².